The SMILES string of the molecule is C=CC(=O)N1CC(N2CCC(c3cc(F)c4c(c3)Nc3ncnc(-c5cnn(C)c5)c3[C@H](C)O4)CC2)C1. The van der Waals surface area contributed by atoms with Gasteiger partial charge in [0, 0.05) is 37.9 Å². The molecule has 192 valence electrons. The van der Waals surface area contributed by atoms with Crippen molar-refractivity contribution in [2.75, 3.05) is 31.5 Å². The number of rotatable bonds is 4. The maximum Gasteiger partial charge on any atom is 0.246 e. The number of amides is 1. The number of benzene rings is 1. The van der Waals surface area contributed by atoms with Crippen LogP contribution in [0.3, 0.4) is 0 Å². The highest BCUT2D eigenvalue weighted by Gasteiger charge is 2.36. The molecule has 3 aliphatic heterocycles. The van der Waals surface area contributed by atoms with Gasteiger partial charge in [-0.3, -0.25) is 14.4 Å². The molecule has 6 rings (SSSR count). The molecule has 5 heterocycles. The van der Waals surface area contributed by atoms with E-state index in [-0.39, 0.29) is 23.4 Å². The standard InChI is InChI=1S/C27H30FN7O2/c1-4-23(36)35-13-20(14-35)34-7-5-17(6-8-34)18-9-21(28)26-22(10-18)32-27-24(16(2)37-26)25(29-15-30-27)19-11-31-33(3)12-19/h4,9-12,15-17,20H,1,5-8,13-14H2,2-3H3,(H,29,30,32)/t16-/m0/s1. The molecule has 9 nitrogen and oxygen atoms in total. The van der Waals surface area contributed by atoms with E-state index in [9.17, 15) is 4.79 Å². The number of anilines is 2. The molecule has 1 aromatic carbocycles. The molecule has 2 saturated heterocycles. The highest BCUT2D eigenvalue weighted by molar-refractivity contribution is 5.87. The number of hydrogen-bond acceptors (Lipinski definition) is 7. The maximum atomic E-state index is 15.4. The number of ether oxygens (including phenoxy) is 1. The number of carbonyl (C=O) groups excluding carboxylic acids is 1. The van der Waals surface area contributed by atoms with Crippen LogP contribution in [-0.4, -0.2) is 67.7 Å². The van der Waals surface area contributed by atoms with Gasteiger partial charge in [0.2, 0.25) is 5.91 Å². The lowest BCUT2D eigenvalue weighted by molar-refractivity contribution is -0.133. The molecular weight excluding hydrogens is 473 g/mol. The second kappa shape index (κ2) is 9.26. The molecule has 0 saturated carbocycles. The highest BCUT2D eigenvalue weighted by Crippen LogP contribution is 2.44. The third-order valence-corrected chi connectivity index (χ3v) is 7.75. The number of hydrogen-bond donors (Lipinski definition) is 1. The Kier molecular flexibility index (Phi) is 5.91. The summed E-state index contributed by atoms with van der Waals surface area (Å²) in [7, 11) is 1.85. The van der Waals surface area contributed by atoms with Crippen molar-refractivity contribution in [2.45, 2.75) is 37.8 Å². The van der Waals surface area contributed by atoms with E-state index in [1.807, 2.05) is 31.1 Å². The van der Waals surface area contributed by atoms with E-state index >= 15 is 4.39 Å². The Balaban J connectivity index is 1.21. The zero-order valence-electron chi connectivity index (χ0n) is 21.0. The molecule has 3 aliphatic rings. The summed E-state index contributed by atoms with van der Waals surface area (Å²) in [6.45, 7) is 8.81. The van der Waals surface area contributed by atoms with Crippen LogP contribution >= 0.6 is 0 Å². The van der Waals surface area contributed by atoms with Gasteiger partial charge < -0.3 is 15.0 Å². The van der Waals surface area contributed by atoms with Crippen LogP contribution in [0.2, 0.25) is 0 Å². The van der Waals surface area contributed by atoms with Gasteiger partial charge in [-0.25, -0.2) is 14.4 Å². The van der Waals surface area contributed by atoms with Gasteiger partial charge in [0.25, 0.3) is 0 Å². The summed E-state index contributed by atoms with van der Waals surface area (Å²) in [6, 6.07) is 4.01. The Morgan fingerprint density at radius 2 is 2.03 bits per heavy atom. The largest absolute Gasteiger partial charge is 0.481 e. The maximum absolute atomic E-state index is 15.4. The minimum Gasteiger partial charge on any atom is -0.481 e. The summed E-state index contributed by atoms with van der Waals surface area (Å²) < 4.78 is 23.3. The fourth-order valence-corrected chi connectivity index (χ4v) is 5.67. The number of carbonyl (C=O) groups is 1. The first kappa shape index (κ1) is 23.6. The summed E-state index contributed by atoms with van der Waals surface area (Å²) in [5.41, 5.74) is 3.87. The lowest BCUT2D eigenvalue weighted by atomic mass is 9.87. The van der Waals surface area contributed by atoms with E-state index < -0.39 is 6.10 Å². The molecule has 10 heteroatoms. The number of fused-ring (bicyclic) bond motifs is 2. The minimum absolute atomic E-state index is 0.00460. The van der Waals surface area contributed by atoms with Crippen LogP contribution in [0.5, 0.6) is 5.75 Å². The topological polar surface area (TPSA) is 88.4 Å². The van der Waals surface area contributed by atoms with Crippen LogP contribution in [0.25, 0.3) is 11.3 Å². The Bertz CT molecular complexity index is 1360. The molecule has 0 radical (unpaired) electrons. The molecule has 2 aromatic heterocycles. The second-order valence-corrected chi connectivity index (χ2v) is 10.1. The molecule has 3 aromatic rings. The molecule has 0 unspecified atom stereocenters. The van der Waals surface area contributed by atoms with Gasteiger partial charge in [-0.05, 0) is 62.5 Å². The third kappa shape index (κ3) is 4.25. The number of halogens is 1. The lowest BCUT2D eigenvalue weighted by Crippen LogP contribution is -2.61. The van der Waals surface area contributed by atoms with Crippen LogP contribution < -0.4 is 10.1 Å². The Morgan fingerprint density at radius 3 is 2.73 bits per heavy atom. The van der Waals surface area contributed by atoms with Gasteiger partial charge in [-0.1, -0.05) is 6.58 Å². The van der Waals surface area contributed by atoms with Crippen LogP contribution in [0, 0.1) is 5.82 Å². The van der Waals surface area contributed by atoms with Crippen LogP contribution in [-0.2, 0) is 11.8 Å². The third-order valence-electron chi connectivity index (χ3n) is 7.75. The van der Waals surface area contributed by atoms with Crippen molar-refractivity contribution in [1.29, 1.82) is 0 Å². The number of aryl methyl sites for hydroxylation is 1. The molecule has 1 N–H and O–H groups in total. The van der Waals surface area contributed by atoms with Crippen LogP contribution in [0.15, 0.2) is 43.5 Å². The van der Waals surface area contributed by atoms with E-state index in [0.29, 0.717) is 23.2 Å². The van der Waals surface area contributed by atoms with Gasteiger partial charge >= 0.3 is 0 Å². The summed E-state index contributed by atoms with van der Waals surface area (Å²) in [5, 5.41) is 7.60. The van der Waals surface area contributed by atoms with Gasteiger partial charge in [0.1, 0.15) is 18.2 Å². The number of nitrogens with one attached hydrogen (secondary N) is 1. The van der Waals surface area contributed by atoms with E-state index in [2.05, 4.69) is 31.9 Å². The highest BCUT2D eigenvalue weighted by atomic mass is 19.1. The van der Waals surface area contributed by atoms with Gasteiger partial charge in [-0.2, -0.15) is 5.10 Å². The predicted molar refractivity (Wildman–Crippen MR) is 137 cm³/mol. The van der Waals surface area contributed by atoms with E-state index in [4.69, 9.17) is 4.74 Å². The van der Waals surface area contributed by atoms with E-state index in [1.54, 1.807) is 16.9 Å². The van der Waals surface area contributed by atoms with Crippen LogP contribution in [0.1, 0.15) is 42.9 Å². The first-order valence-electron chi connectivity index (χ1n) is 12.7. The lowest BCUT2D eigenvalue weighted by Gasteiger charge is -2.47. The monoisotopic (exact) mass is 503 g/mol. The zero-order valence-corrected chi connectivity index (χ0v) is 21.0. The predicted octanol–water partition coefficient (Wildman–Crippen LogP) is 3.79. The average molecular weight is 504 g/mol. The van der Waals surface area contributed by atoms with E-state index in [1.165, 1.54) is 12.4 Å². The summed E-state index contributed by atoms with van der Waals surface area (Å²) >= 11 is 0. The summed E-state index contributed by atoms with van der Waals surface area (Å²) in [4.78, 5) is 25.0. The Hall–Kier alpha value is -3.79. The van der Waals surface area contributed by atoms with Crippen LogP contribution in [0.4, 0.5) is 15.9 Å². The number of piperidine rings is 1. The fourth-order valence-electron chi connectivity index (χ4n) is 5.67. The summed E-state index contributed by atoms with van der Waals surface area (Å²) in [5.74, 6) is 0.672. The van der Waals surface area contributed by atoms with E-state index in [0.717, 1.165) is 55.7 Å². The molecular formula is C27H30FN7O2. The number of likely N-dealkylation sites (tertiary alicyclic amines) is 2. The number of aromatic nitrogens is 4. The average Bonchev–Trinajstić information content (AvgIpc) is 3.24. The molecule has 37 heavy (non-hydrogen) atoms. The minimum atomic E-state index is -0.459. The van der Waals surface area contributed by atoms with Crippen molar-refractivity contribution < 1.29 is 13.9 Å². The quantitative estimate of drug-likeness (QED) is 0.542. The Morgan fingerprint density at radius 1 is 1.24 bits per heavy atom. The zero-order chi connectivity index (χ0) is 25.7. The summed E-state index contributed by atoms with van der Waals surface area (Å²) in [6.07, 6.45) is 7.92. The van der Waals surface area contributed by atoms with Gasteiger partial charge in [0.15, 0.2) is 11.6 Å². The molecule has 0 spiro atoms. The fraction of sp³-hybridized carbons (Fsp3) is 0.407. The van der Waals surface area contributed by atoms with Crippen molar-refractivity contribution >= 4 is 17.4 Å². The Labute approximate surface area is 215 Å². The normalized spacial score (nSPS) is 20.2. The number of nitrogens with zero attached hydrogens (tertiary/aromatic N) is 6. The first-order chi connectivity index (χ1) is 17.9. The van der Waals surface area contributed by atoms with Gasteiger partial charge in [-0.15, -0.1) is 0 Å². The van der Waals surface area contributed by atoms with Crippen molar-refractivity contribution in [3.05, 3.63) is 60.5 Å². The molecule has 0 bridgehead atoms. The van der Waals surface area contributed by atoms with Crippen molar-refractivity contribution in [1.82, 2.24) is 29.5 Å². The second-order valence-electron chi connectivity index (χ2n) is 10.1. The van der Waals surface area contributed by atoms with Crippen molar-refractivity contribution in [3.63, 3.8) is 0 Å². The van der Waals surface area contributed by atoms with Gasteiger partial charge in [0.05, 0.1) is 23.1 Å². The smallest absolute Gasteiger partial charge is 0.246 e. The molecule has 2 fully saturated rings. The molecule has 1 atom stereocenters. The molecule has 0 aliphatic carbocycles. The van der Waals surface area contributed by atoms with Crippen molar-refractivity contribution in [3.8, 4) is 17.0 Å². The molecule has 1 amide bonds. The first-order valence-corrected chi connectivity index (χ1v) is 12.7. The van der Waals surface area contributed by atoms with Crippen molar-refractivity contribution in [2.24, 2.45) is 7.05 Å².